The number of nitrogens with zero attached hydrogens (tertiary/aromatic N) is 3. The molecule has 10 nitrogen and oxygen atoms in total. The second-order valence-corrected chi connectivity index (χ2v) is 8.10. The van der Waals surface area contributed by atoms with Gasteiger partial charge in [-0.25, -0.2) is 4.68 Å². The Bertz CT molecular complexity index is 1320. The van der Waals surface area contributed by atoms with Crippen LogP contribution in [-0.4, -0.2) is 51.5 Å². The van der Waals surface area contributed by atoms with E-state index in [1.165, 1.54) is 18.1 Å². The Hall–Kier alpha value is -4.47. The van der Waals surface area contributed by atoms with E-state index in [2.05, 4.69) is 15.7 Å². The number of carbonyl (C=O) groups is 4. The van der Waals surface area contributed by atoms with E-state index in [-0.39, 0.29) is 31.2 Å². The van der Waals surface area contributed by atoms with Crippen LogP contribution in [0, 0.1) is 0 Å². The normalized spacial score (nSPS) is 17.4. The summed E-state index contributed by atoms with van der Waals surface area (Å²) in [5.74, 6) is -0.984. The quantitative estimate of drug-likeness (QED) is 0.562. The van der Waals surface area contributed by atoms with E-state index >= 15 is 0 Å². The molecule has 0 saturated carbocycles. The molecule has 5 rings (SSSR count). The van der Waals surface area contributed by atoms with Crippen LogP contribution in [0.15, 0.2) is 54.9 Å². The van der Waals surface area contributed by atoms with Crippen molar-refractivity contribution in [1.82, 2.24) is 20.0 Å². The fraction of sp³-hybridized carbons (Fsp3) is 0.208. The lowest BCUT2D eigenvalue weighted by Gasteiger charge is -2.29. The number of methoxy groups -OCH3 is 1. The highest BCUT2D eigenvalue weighted by molar-refractivity contribution is 6.09. The Morgan fingerprint density at radius 2 is 2.03 bits per heavy atom. The van der Waals surface area contributed by atoms with E-state index in [1.54, 1.807) is 53.5 Å². The third-order valence-corrected chi connectivity index (χ3v) is 5.94. The predicted molar refractivity (Wildman–Crippen MR) is 121 cm³/mol. The van der Waals surface area contributed by atoms with E-state index in [0.717, 1.165) is 5.56 Å². The molecule has 172 valence electrons. The number of imide groups is 1. The molecule has 4 amide bonds. The highest BCUT2D eigenvalue weighted by Crippen LogP contribution is 2.29. The lowest BCUT2D eigenvalue weighted by molar-refractivity contribution is -0.136. The average Bonchev–Trinajstić information content (AvgIpc) is 3.47. The van der Waals surface area contributed by atoms with Crippen molar-refractivity contribution in [3.63, 3.8) is 0 Å². The van der Waals surface area contributed by atoms with Crippen molar-refractivity contribution in [2.45, 2.75) is 25.4 Å². The topological polar surface area (TPSA) is 123 Å². The van der Waals surface area contributed by atoms with Gasteiger partial charge in [-0.05, 0) is 36.2 Å². The van der Waals surface area contributed by atoms with Crippen LogP contribution >= 0.6 is 0 Å². The second-order valence-electron chi connectivity index (χ2n) is 8.10. The summed E-state index contributed by atoms with van der Waals surface area (Å²) in [5, 5.41) is 9.33. The molecule has 2 aliphatic heterocycles. The maximum Gasteiger partial charge on any atom is 0.255 e. The summed E-state index contributed by atoms with van der Waals surface area (Å²) in [5.41, 5.74) is 2.63. The molecule has 10 heteroatoms. The number of anilines is 1. The highest BCUT2D eigenvalue weighted by atomic mass is 16.5. The van der Waals surface area contributed by atoms with Crippen LogP contribution in [0.3, 0.4) is 0 Å². The third-order valence-electron chi connectivity index (χ3n) is 5.94. The van der Waals surface area contributed by atoms with Crippen LogP contribution in [-0.2, 0) is 16.1 Å². The number of nitrogens with one attached hydrogen (secondary N) is 2. The zero-order valence-electron chi connectivity index (χ0n) is 18.3. The Labute approximate surface area is 194 Å². The first kappa shape index (κ1) is 21.4. The van der Waals surface area contributed by atoms with Gasteiger partial charge in [-0.2, -0.15) is 5.10 Å². The lowest BCUT2D eigenvalue weighted by atomic mass is 10.0. The van der Waals surface area contributed by atoms with E-state index in [9.17, 15) is 19.2 Å². The third kappa shape index (κ3) is 3.90. The first-order valence-electron chi connectivity index (χ1n) is 10.7. The predicted octanol–water partition coefficient (Wildman–Crippen LogP) is 1.89. The van der Waals surface area contributed by atoms with E-state index in [0.29, 0.717) is 28.3 Å². The van der Waals surface area contributed by atoms with Crippen molar-refractivity contribution in [2.24, 2.45) is 0 Å². The molecular formula is C24H21N5O5. The number of fused-ring (bicyclic) bond motifs is 1. The summed E-state index contributed by atoms with van der Waals surface area (Å²) >= 11 is 0. The van der Waals surface area contributed by atoms with Gasteiger partial charge in [0.05, 0.1) is 12.8 Å². The lowest BCUT2D eigenvalue weighted by Crippen LogP contribution is -2.52. The number of aromatic nitrogens is 2. The smallest absolute Gasteiger partial charge is 0.255 e. The summed E-state index contributed by atoms with van der Waals surface area (Å²) in [6.45, 7) is 0.255. The van der Waals surface area contributed by atoms with Crippen molar-refractivity contribution in [2.75, 3.05) is 12.4 Å². The summed E-state index contributed by atoms with van der Waals surface area (Å²) in [6.07, 6.45) is 3.90. The Balaban J connectivity index is 1.36. The monoisotopic (exact) mass is 459 g/mol. The summed E-state index contributed by atoms with van der Waals surface area (Å²) in [6, 6.07) is 11.2. The number of hydrogen-bond acceptors (Lipinski definition) is 6. The minimum absolute atomic E-state index is 0.186. The maximum absolute atomic E-state index is 13.0. The van der Waals surface area contributed by atoms with Crippen LogP contribution in [0.4, 0.5) is 5.69 Å². The number of ether oxygens (including phenoxy) is 1. The number of amides is 4. The fourth-order valence-electron chi connectivity index (χ4n) is 4.23. The molecular weight excluding hydrogens is 438 g/mol. The van der Waals surface area contributed by atoms with Gasteiger partial charge in [-0.1, -0.05) is 6.07 Å². The van der Waals surface area contributed by atoms with Crippen molar-refractivity contribution < 1.29 is 23.9 Å². The number of hydrogen-bond donors (Lipinski definition) is 2. The second kappa shape index (κ2) is 8.47. The van der Waals surface area contributed by atoms with Gasteiger partial charge in [-0.3, -0.25) is 24.5 Å². The molecule has 34 heavy (non-hydrogen) atoms. The molecule has 0 spiro atoms. The zero-order chi connectivity index (χ0) is 23.8. The number of benzene rings is 2. The number of piperidine rings is 1. The van der Waals surface area contributed by atoms with Crippen LogP contribution in [0.5, 0.6) is 5.75 Å². The summed E-state index contributed by atoms with van der Waals surface area (Å²) in [7, 11) is 1.54. The molecule has 1 fully saturated rings. The minimum atomic E-state index is -0.702. The van der Waals surface area contributed by atoms with E-state index in [1.807, 2.05) is 0 Å². The molecule has 3 heterocycles. The van der Waals surface area contributed by atoms with Crippen molar-refractivity contribution in [1.29, 1.82) is 0 Å². The van der Waals surface area contributed by atoms with Crippen molar-refractivity contribution in [3.8, 4) is 11.4 Å². The van der Waals surface area contributed by atoms with Gasteiger partial charge in [0, 0.05) is 54.3 Å². The van der Waals surface area contributed by atoms with Crippen molar-refractivity contribution in [3.05, 3.63) is 71.5 Å². The van der Waals surface area contributed by atoms with Gasteiger partial charge in [0.25, 0.3) is 11.8 Å². The minimum Gasteiger partial charge on any atom is -0.497 e. The summed E-state index contributed by atoms with van der Waals surface area (Å²) < 4.78 is 6.99. The van der Waals surface area contributed by atoms with Gasteiger partial charge in [0.2, 0.25) is 11.8 Å². The first-order valence-corrected chi connectivity index (χ1v) is 10.7. The average molecular weight is 459 g/mol. The van der Waals surface area contributed by atoms with Gasteiger partial charge in [-0.15, -0.1) is 0 Å². The van der Waals surface area contributed by atoms with E-state index in [4.69, 9.17) is 4.74 Å². The molecule has 0 radical (unpaired) electrons. The Morgan fingerprint density at radius 1 is 1.18 bits per heavy atom. The van der Waals surface area contributed by atoms with Crippen LogP contribution in [0.1, 0.15) is 39.1 Å². The highest BCUT2D eigenvalue weighted by Gasteiger charge is 2.39. The Kier molecular flexibility index (Phi) is 5.33. The van der Waals surface area contributed by atoms with Crippen LogP contribution < -0.4 is 15.4 Å². The van der Waals surface area contributed by atoms with Gasteiger partial charge in [0.1, 0.15) is 11.8 Å². The zero-order valence-corrected chi connectivity index (χ0v) is 18.3. The number of rotatable bonds is 5. The molecule has 0 bridgehead atoms. The molecule has 1 unspecified atom stereocenters. The van der Waals surface area contributed by atoms with Gasteiger partial charge < -0.3 is 15.0 Å². The van der Waals surface area contributed by atoms with Gasteiger partial charge in [0.15, 0.2) is 0 Å². The fourth-order valence-corrected chi connectivity index (χ4v) is 4.23. The van der Waals surface area contributed by atoms with Crippen LogP contribution in [0.25, 0.3) is 5.69 Å². The first-order chi connectivity index (χ1) is 16.4. The molecule has 3 aromatic rings. The molecule has 2 aliphatic rings. The maximum atomic E-state index is 13.0. The molecule has 0 aliphatic carbocycles. The molecule has 2 N–H and O–H groups in total. The Morgan fingerprint density at radius 3 is 2.76 bits per heavy atom. The molecule has 1 atom stereocenters. The van der Waals surface area contributed by atoms with Gasteiger partial charge >= 0.3 is 0 Å². The van der Waals surface area contributed by atoms with E-state index < -0.39 is 17.9 Å². The molecule has 1 saturated heterocycles. The standard InChI is InChI=1S/C24H21N5O5/c1-34-18-11-16(10-17(12-18)29-8-2-7-25-29)26-22(31)14-3-4-15-13-28(24(33)19(15)9-14)20-5-6-21(30)27-23(20)32/h2-4,7-12,20H,5-6,13H2,1H3,(H,26,31)(H,27,30,32). The van der Waals surface area contributed by atoms with Crippen molar-refractivity contribution >= 4 is 29.3 Å². The molecule has 1 aromatic heterocycles. The SMILES string of the molecule is COc1cc(NC(=O)c2ccc3c(c2)C(=O)N(C2CCC(=O)NC2=O)C3)cc(-n2cccn2)c1. The molecule has 2 aromatic carbocycles. The summed E-state index contributed by atoms with van der Waals surface area (Å²) in [4.78, 5) is 51.1. The van der Waals surface area contributed by atoms with Crippen LogP contribution in [0.2, 0.25) is 0 Å². The largest absolute Gasteiger partial charge is 0.497 e. The number of carbonyl (C=O) groups excluding carboxylic acids is 4.